The van der Waals surface area contributed by atoms with Gasteiger partial charge in [-0.1, -0.05) is 0 Å². The Morgan fingerprint density at radius 3 is 1.18 bits per heavy atom. The fourth-order valence-corrected chi connectivity index (χ4v) is 0. The second-order valence-electron chi connectivity index (χ2n) is 1.65. The molecule has 0 amide bonds. The summed E-state index contributed by atoms with van der Waals surface area (Å²) in [5.74, 6) is 0. The van der Waals surface area contributed by atoms with Gasteiger partial charge in [0.05, 0.1) is 0 Å². The number of aliphatic hydroxyl groups is 1. The second kappa shape index (κ2) is 17.5. The van der Waals surface area contributed by atoms with E-state index in [0.29, 0.717) is 0 Å². The van der Waals surface area contributed by atoms with E-state index < -0.39 is 19.2 Å². The third-order valence-electron chi connectivity index (χ3n) is 0.500. The van der Waals surface area contributed by atoms with Gasteiger partial charge in [0.15, 0.2) is 0 Å². The monoisotopic (exact) mass is 308 g/mol. The first kappa shape index (κ1) is 29.4. The van der Waals surface area contributed by atoms with Gasteiger partial charge < -0.3 is 20.0 Å². The van der Waals surface area contributed by atoms with Crippen molar-refractivity contribution in [3.05, 3.63) is 14.9 Å². The van der Waals surface area contributed by atoms with E-state index in [1.807, 2.05) is 0 Å². The van der Waals surface area contributed by atoms with Crippen molar-refractivity contribution < 1.29 is 33.3 Å². The Hall–Kier alpha value is 1.39. The van der Waals surface area contributed by atoms with Crippen molar-refractivity contribution in [2.75, 3.05) is 14.2 Å². The van der Waals surface area contributed by atoms with Crippen LogP contribution in [0.2, 0.25) is 9.88 Å². The van der Waals surface area contributed by atoms with Gasteiger partial charge in [0.1, 0.15) is 0 Å². The molecule has 5 heteroatoms. The normalized spacial score (nSPS) is 7.09. The van der Waals surface area contributed by atoms with Crippen molar-refractivity contribution >= 4 is 19.2 Å². The van der Waals surface area contributed by atoms with Gasteiger partial charge in [-0.25, -0.2) is 0 Å². The number of hydrogen-bond acceptors (Lipinski definition) is 3. The predicted octanol–water partition coefficient (Wildman–Crippen LogP) is 0.833. The summed E-state index contributed by atoms with van der Waals surface area (Å²) in [7, 11) is 2.55. The maximum absolute atomic E-state index is 8.81. The van der Waals surface area contributed by atoms with Gasteiger partial charge in [0, 0.05) is 7.11 Å². The quantitative estimate of drug-likeness (QED) is 0.557. The molecule has 0 atom stereocenters. The molecule has 11 heavy (non-hydrogen) atoms. The van der Waals surface area contributed by atoms with Gasteiger partial charge in [-0.15, -0.1) is 0 Å². The van der Waals surface area contributed by atoms with Crippen molar-refractivity contribution in [1.82, 2.24) is 0 Å². The van der Waals surface area contributed by atoms with Crippen LogP contribution in [0.15, 0.2) is 0 Å². The zero-order valence-corrected chi connectivity index (χ0v) is 12.7. The summed E-state index contributed by atoms with van der Waals surface area (Å²) in [6.45, 7) is 0. The maximum Gasteiger partial charge on any atom is 2.00 e. The Labute approximate surface area is 91.0 Å². The van der Waals surface area contributed by atoms with Crippen LogP contribution in [0.25, 0.3) is 0 Å². The van der Waals surface area contributed by atoms with Crippen molar-refractivity contribution in [3.63, 3.8) is 0 Å². The molecule has 0 unspecified atom stereocenters. The predicted molar refractivity (Wildman–Crippen MR) is 47.7 cm³/mol. The third-order valence-corrected chi connectivity index (χ3v) is 3.35. The minimum absolute atomic E-state index is 0. The van der Waals surface area contributed by atoms with Crippen molar-refractivity contribution in [2.45, 2.75) is 9.88 Å². The Kier molecular flexibility index (Phi) is 46.7. The standard InChI is InChI=1S/CH4O.CH3O.4CH3.H2O.Sn.Ti/c2*1-2;;;;;;;/h2H,1H3;1H3;4*1H3;1H2;;/q;-1;;;2*-1;;2*+2/p-1. The third kappa shape index (κ3) is 52.1. The molecule has 0 aliphatic rings. The summed E-state index contributed by atoms with van der Waals surface area (Å²) in [5.41, 5.74) is 0. The molecule has 0 saturated carbocycles. The van der Waals surface area contributed by atoms with Gasteiger partial charge in [0.2, 0.25) is 0 Å². The van der Waals surface area contributed by atoms with Gasteiger partial charge in [0.25, 0.3) is 0 Å². The van der Waals surface area contributed by atoms with Crippen LogP contribution < -0.4 is 0 Å². The number of hydrogen-bond donors (Lipinski definition) is 2. The van der Waals surface area contributed by atoms with Crippen LogP contribution in [0.1, 0.15) is 0 Å². The molecule has 0 aromatic carbocycles. The van der Waals surface area contributed by atoms with Crippen molar-refractivity contribution in [1.29, 1.82) is 0 Å². The zero-order valence-electron chi connectivity index (χ0n) is 8.30. The van der Waals surface area contributed by atoms with Crippen LogP contribution in [0.5, 0.6) is 0 Å². The van der Waals surface area contributed by atoms with Gasteiger partial charge >= 0.3 is 64.4 Å². The Balaban J connectivity index is -0.0000000222. The minimum Gasteiger partial charge on any atom is -0.358 e. The van der Waals surface area contributed by atoms with E-state index in [-0.39, 0.29) is 36.6 Å². The minimum atomic E-state index is -2.73. The number of rotatable bonds is 1. The molecule has 0 spiro atoms. The van der Waals surface area contributed by atoms with Crippen molar-refractivity contribution in [3.8, 4) is 0 Å². The molecule has 0 aromatic rings. The zero-order chi connectivity index (χ0) is 7.21. The molecule has 0 aromatic heterocycles. The molecule has 0 aliphatic carbocycles. The molecule has 0 fully saturated rings. The molecular formula is C6H20O3SnTi. The second-order valence-corrected chi connectivity index (χ2v) is 11.1. The van der Waals surface area contributed by atoms with Crippen LogP contribution in [-0.4, -0.2) is 42.0 Å². The first-order valence-electron chi connectivity index (χ1n) is 2.28. The van der Waals surface area contributed by atoms with E-state index in [1.165, 1.54) is 0 Å². The summed E-state index contributed by atoms with van der Waals surface area (Å²) in [6.07, 6.45) is 0. The van der Waals surface area contributed by atoms with Gasteiger partial charge in [-0.05, 0) is 0 Å². The fourth-order valence-electron chi connectivity index (χ4n) is 0. The van der Waals surface area contributed by atoms with Crippen LogP contribution in [-0.2, 0) is 24.8 Å². The van der Waals surface area contributed by atoms with Gasteiger partial charge in [-0.2, -0.15) is 0 Å². The smallest absolute Gasteiger partial charge is 0.358 e. The van der Waals surface area contributed by atoms with Crippen molar-refractivity contribution in [2.24, 2.45) is 0 Å². The molecule has 0 heterocycles. The average molecular weight is 307 g/mol. The van der Waals surface area contributed by atoms with E-state index >= 15 is 0 Å². The van der Waals surface area contributed by atoms with E-state index in [2.05, 4.69) is 0 Å². The van der Waals surface area contributed by atoms with Crippen LogP contribution in [0, 0.1) is 14.9 Å². The molecule has 0 bridgehead atoms. The Morgan fingerprint density at radius 1 is 1.09 bits per heavy atom. The summed E-state index contributed by atoms with van der Waals surface area (Å²) in [5, 5.41) is 7.00. The molecular weight excluding hydrogens is 287 g/mol. The van der Waals surface area contributed by atoms with Gasteiger partial charge in [-0.3, -0.25) is 0 Å². The molecule has 0 saturated heterocycles. The van der Waals surface area contributed by atoms with Crippen LogP contribution >= 0.6 is 0 Å². The molecule has 0 aliphatic heterocycles. The Morgan fingerprint density at radius 2 is 1.18 bits per heavy atom. The molecule has 0 rings (SSSR count). The van der Waals surface area contributed by atoms with Crippen LogP contribution in [0.3, 0.4) is 0 Å². The molecule has 70 valence electrons. The first-order valence-corrected chi connectivity index (χ1v) is 10.4. The SMILES string of the molecule is CO.C[O][Sn]([CH3])([CH3])[OH].[CH3-].[CH3-].[Ti+2]. The van der Waals surface area contributed by atoms with E-state index in [1.54, 1.807) is 17.0 Å². The van der Waals surface area contributed by atoms with E-state index in [9.17, 15) is 0 Å². The summed E-state index contributed by atoms with van der Waals surface area (Å²) < 4.78 is 13.5. The summed E-state index contributed by atoms with van der Waals surface area (Å²) in [4.78, 5) is 3.57. The molecule has 3 nitrogen and oxygen atoms in total. The maximum atomic E-state index is 8.81. The topological polar surface area (TPSA) is 49.7 Å². The fraction of sp³-hybridized carbons (Fsp3) is 0.667. The first-order chi connectivity index (χ1) is 3.56. The van der Waals surface area contributed by atoms with E-state index in [4.69, 9.17) is 11.6 Å². The summed E-state index contributed by atoms with van der Waals surface area (Å²) in [6, 6.07) is 0. The molecule has 0 radical (unpaired) electrons. The number of aliphatic hydroxyl groups excluding tert-OH is 1. The van der Waals surface area contributed by atoms with Crippen LogP contribution in [0.4, 0.5) is 0 Å². The molecule has 2 N–H and O–H groups in total. The van der Waals surface area contributed by atoms with E-state index in [0.717, 1.165) is 7.11 Å². The summed E-state index contributed by atoms with van der Waals surface area (Å²) >= 11 is -2.73. The largest absolute Gasteiger partial charge is 2.00 e. The Bertz CT molecular complexity index is 47.6. The average Bonchev–Trinajstić information content (AvgIpc) is 1.71.